The second kappa shape index (κ2) is 12.2. The molecule has 0 spiro atoms. The summed E-state index contributed by atoms with van der Waals surface area (Å²) in [6, 6.07) is 18.3. The predicted octanol–water partition coefficient (Wildman–Crippen LogP) is 5.03. The lowest BCUT2D eigenvalue weighted by Crippen LogP contribution is -2.29. The highest BCUT2D eigenvalue weighted by Crippen LogP contribution is 2.38. The fourth-order valence-electron chi connectivity index (χ4n) is 4.31. The number of methoxy groups -OCH3 is 3. The Morgan fingerprint density at radius 3 is 2.16 bits per heavy atom. The van der Waals surface area contributed by atoms with E-state index in [1.54, 1.807) is 12.1 Å². The number of ether oxygens (including phenoxy) is 5. The van der Waals surface area contributed by atoms with E-state index in [4.69, 9.17) is 28.7 Å². The lowest BCUT2D eigenvalue weighted by Gasteiger charge is -2.18. The molecule has 0 radical (unpaired) electrons. The number of amides is 1. The van der Waals surface area contributed by atoms with Crippen molar-refractivity contribution in [1.82, 2.24) is 14.9 Å². The van der Waals surface area contributed by atoms with Gasteiger partial charge in [0.15, 0.2) is 23.0 Å². The maximum atomic E-state index is 13.3. The standard InChI is InChI=1S/C29H33N3O6/c1-6-37-23-13-9-10-14-24(23)38-16-15-32-22-12-8-7-11-21(22)31-28(32)19(2)30-29(33)20-17-25(34-3)27(36-5)26(18-20)35-4/h7-14,17-19H,6,15-16H2,1-5H3,(H,30,33). The topological polar surface area (TPSA) is 93.1 Å². The zero-order valence-electron chi connectivity index (χ0n) is 22.3. The maximum Gasteiger partial charge on any atom is 0.252 e. The zero-order valence-corrected chi connectivity index (χ0v) is 22.3. The number of aromatic nitrogens is 2. The Morgan fingerprint density at radius 2 is 1.53 bits per heavy atom. The molecular weight excluding hydrogens is 486 g/mol. The van der Waals surface area contributed by atoms with Gasteiger partial charge >= 0.3 is 0 Å². The van der Waals surface area contributed by atoms with Crippen molar-refractivity contribution in [2.24, 2.45) is 0 Å². The van der Waals surface area contributed by atoms with Crippen molar-refractivity contribution in [3.63, 3.8) is 0 Å². The van der Waals surface area contributed by atoms with E-state index in [0.29, 0.717) is 59.9 Å². The fraction of sp³-hybridized carbons (Fsp3) is 0.310. The Morgan fingerprint density at radius 1 is 0.895 bits per heavy atom. The van der Waals surface area contributed by atoms with E-state index in [2.05, 4.69) is 9.88 Å². The molecule has 9 nitrogen and oxygen atoms in total. The zero-order chi connectivity index (χ0) is 27.1. The largest absolute Gasteiger partial charge is 0.493 e. The number of rotatable bonds is 12. The van der Waals surface area contributed by atoms with Crippen LogP contribution < -0.4 is 29.0 Å². The van der Waals surface area contributed by atoms with Crippen LogP contribution in [-0.2, 0) is 6.54 Å². The van der Waals surface area contributed by atoms with Crippen LogP contribution in [-0.4, -0.2) is 50.0 Å². The van der Waals surface area contributed by atoms with Crippen LogP contribution in [0.15, 0.2) is 60.7 Å². The van der Waals surface area contributed by atoms with E-state index in [0.717, 1.165) is 11.0 Å². The van der Waals surface area contributed by atoms with Gasteiger partial charge in [0.2, 0.25) is 5.75 Å². The molecule has 9 heteroatoms. The van der Waals surface area contributed by atoms with Gasteiger partial charge in [-0.15, -0.1) is 0 Å². The molecule has 3 aromatic carbocycles. The molecule has 1 atom stereocenters. The second-order valence-corrected chi connectivity index (χ2v) is 8.45. The van der Waals surface area contributed by atoms with Crippen LogP contribution in [0.1, 0.15) is 36.1 Å². The maximum absolute atomic E-state index is 13.3. The molecule has 0 aliphatic heterocycles. The summed E-state index contributed by atoms with van der Waals surface area (Å²) in [4.78, 5) is 18.1. The monoisotopic (exact) mass is 519 g/mol. The number of benzene rings is 3. The molecule has 0 saturated carbocycles. The average Bonchev–Trinajstić information content (AvgIpc) is 3.32. The highest BCUT2D eigenvalue weighted by Gasteiger charge is 2.22. The van der Waals surface area contributed by atoms with Gasteiger partial charge in [-0.05, 0) is 50.2 Å². The van der Waals surface area contributed by atoms with Crippen molar-refractivity contribution in [1.29, 1.82) is 0 Å². The molecule has 1 heterocycles. The molecule has 1 amide bonds. The van der Waals surface area contributed by atoms with Crippen LogP contribution in [0, 0.1) is 0 Å². The Kier molecular flexibility index (Phi) is 8.58. The third-order valence-electron chi connectivity index (χ3n) is 6.07. The molecule has 0 aliphatic carbocycles. The molecule has 0 aliphatic rings. The molecular formula is C29H33N3O6. The van der Waals surface area contributed by atoms with Crippen molar-refractivity contribution < 1.29 is 28.5 Å². The number of hydrogen-bond acceptors (Lipinski definition) is 7. The van der Waals surface area contributed by atoms with Crippen LogP contribution in [0.25, 0.3) is 11.0 Å². The summed E-state index contributed by atoms with van der Waals surface area (Å²) in [5.41, 5.74) is 2.18. The minimum atomic E-state index is -0.398. The van der Waals surface area contributed by atoms with Gasteiger partial charge in [-0.25, -0.2) is 4.98 Å². The van der Waals surface area contributed by atoms with Crippen molar-refractivity contribution in [3.05, 3.63) is 72.1 Å². The van der Waals surface area contributed by atoms with Gasteiger partial charge in [0.1, 0.15) is 12.4 Å². The Bertz CT molecular complexity index is 1380. The Labute approximate surface area is 222 Å². The summed E-state index contributed by atoms with van der Waals surface area (Å²) >= 11 is 0. The second-order valence-electron chi connectivity index (χ2n) is 8.45. The van der Waals surface area contributed by atoms with Crippen LogP contribution in [0.5, 0.6) is 28.7 Å². The fourth-order valence-corrected chi connectivity index (χ4v) is 4.31. The first kappa shape index (κ1) is 26.7. The quantitative estimate of drug-likeness (QED) is 0.281. The minimum Gasteiger partial charge on any atom is -0.493 e. The van der Waals surface area contributed by atoms with Crippen molar-refractivity contribution in [2.45, 2.75) is 26.4 Å². The van der Waals surface area contributed by atoms with E-state index in [-0.39, 0.29) is 5.91 Å². The Hall–Kier alpha value is -4.40. The van der Waals surface area contributed by atoms with Gasteiger partial charge < -0.3 is 33.6 Å². The summed E-state index contributed by atoms with van der Waals surface area (Å²) in [7, 11) is 4.55. The van der Waals surface area contributed by atoms with E-state index in [1.807, 2.05) is 62.4 Å². The lowest BCUT2D eigenvalue weighted by molar-refractivity contribution is 0.0936. The van der Waals surface area contributed by atoms with Crippen LogP contribution in [0.3, 0.4) is 0 Å². The van der Waals surface area contributed by atoms with E-state index in [9.17, 15) is 4.79 Å². The number of nitrogens with one attached hydrogen (secondary N) is 1. The summed E-state index contributed by atoms with van der Waals surface area (Å²) < 4.78 is 30.0. The molecule has 1 N–H and O–H groups in total. The van der Waals surface area contributed by atoms with Gasteiger partial charge in [-0.3, -0.25) is 4.79 Å². The first-order valence-corrected chi connectivity index (χ1v) is 12.4. The van der Waals surface area contributed by atoms with E-state index < -0.39 is 6.04 Å². The number of imidazole rings is 1. The highest BCUT2D eigenvalue weighted by atomic mass is 16.5. The minimum absolute atomic E-state index is 0.294. The number of fused-ring (bicyclic) bond motifs is 1. The molecule has 0 saturated heterocycles. The third-order valence-corrected chi connectivity index (χ3v) is 6.07. The number of carbonyl (C=O) groups is 1. The molecule has 4 rings (SSSR count). The molecule has 1 unspecified atom stereocenters. The third kappa shape index (κ3) is 5.61. The number of carbonyl (C=O) groups excluding carboxylic acids is 1. The van der Waals surface area contributed by atoms with Gasteiger partial charge in [0.05, 0.1) is 51.6 Å². The summed E-state index contributed by atoms with van der Waals surface area (Å²) in [6.45, 7) is 5.32. The first-order valence-electron chi connectivity index (χ1n) is 12.4. The van der Waals surface area contributed by atoms with E-state index in [1.165, 1.54) is 21.3 Å². The SMILES string of the molecule is CCOc1ccccc1OCCn1c(C(C)NC(=O)c2cc(OC)c(OC)c(OC)c2)nc2ccccc21. The molecule has 200 valence electrons. The normalized spacial score (nSPS) is 11.6. The molecule has 0 bridgehead atoms. The lowest BCUT2D eigenvalue weighted by atomic mass is 10.1. The average molecular weight is 520 g/mol. The number of para-hydroxylation sites is 4. The molecule has 38 heavy (non-hydrogen) atoms. The van der Waals surface area contributed by atoms with Crippen LogP contribution in [0.4, 0.5) is 0 Å². The van der Waals surface area contributed by atoms with Gasteiger partial charge in [0, 0.05) is 5.56 Å². The van der Waals surface area contributed by atoms with Crippen LogP contribution >= 0.6 is 0 Å². The number of nitrogens with zero attached hydrogens (tertiary/aromatic N) is 2. The van der Waals surface area contributed by atoms with Gasteiger partial charge in [-0.2, -0.15) is 0 Å². The van der Waals surface area contributed by atoms with Crippen molar-refractivity contribution >= 4 is 16.9 Å². The van der Waals surface area contributed by atoms with Gasteiger partial charge in [0.25, 0.3) is 5.91 Å². The van der Waals surface area contributed by atoms with Crippen molar-refractivity contribution in [3.8, 4) is 28.7 Å². The first-order chi connectivity index (χ1) is 18.5. The number of hydrogen-bond donors (Lipinski definition) is 1. The van der Waals surface area contributed by atoms with Crippen molar-refractivity contribution in [2.75, 3.05) is 34.5 Å². The molecule has 4 aromatic rings. The summed E-state index contributed by atoms with van der Waals surface area (Å²) in [6.07, 6.45) is 0. The smallest absolute Gasteiger partial charge is 0.252 e. The summed E-state index contributed by atoms with van der Waals surface area (Å²) in [5.74, 6) is 3.04. The van der Waals surface area contributed by atoms with E-state index >= 15 is 0 Å². The predicted molar refractivity (Wildman–Crippen MR) is 145 cm³/mol. The highest BCUT2D eigenvalue weighted by molar-refractivity contribution is 5.96. The van der Waals surface area contributed by atoms with Gasteiger partial charge in [-0.1, -0.05) is 24.3 Å². The molecule has 1 aromatic heterocycles. The Balaban J connectivity index is 1.56. The molecule has 0 fully saturated rings. The van der Waals surface area contributed by atoms with Crippen LogP contribution in [0.2, 0.25) is 0 Å². The summed E-state index contributed by atoms with van der Waals surface area (Å²) in [5, 5.41) is 3.05.